The molecule has 0 amide bonds. The summed E-state index contributed by atoms with van der Waals surface area (Å²) < 4.78 is 0. The minimum atomic E-state index is -1.44. The third kappa shape index (κ3) is 4.17. The number of rotatable bonds is 4. The molecule has 1 rings (SSSR count). The number of hydrogen-bond acceptors (Lipinski definition) is 2. The summed E-state index contributed by atoms with van der Waals surface area (Å²) in [5.74, 6) is 0. The molecule has 17 heavy (non-hydrogen) atoms. The Balaban J connectivity index is 2.98. The molecule has 0 saturated heterocycles. The van der Waals surface area contributed by atoms with Crippen molar-refractivity contribution >= 4 is 25.0 Å². The highest BCUT2D eigenvalue weighted by molar-refractivity contribution is 8.15. The molecule has 0 aliphatic rings. The van der Waals surface area contributed by atoms with E-state index in [1.54, 1.807) is 6.92 Å². The van der Waals surface area contributed by atoms with Crippen molar-refractivity contribution < 1.29 is 4.79 Å². The average molecular weight is 264 g/mol. The van der Waals surface area contributed by atoms with Crippen LogP contribution in [0.5, 0.6) is 0 Å². The van der Waals surface area contributed by atoms with Gasteiger partial charge in [0.2, 0.25) is 5.12 Å². The normalized spacial score (nSPS) is 13.2. The zero-order valence-corrected chi connectivity index (χ0v) is 12.8. The predicted octanol–water partition coefficient (Wildman–Crippen LogP) is 4.44. The van der Waals surface area contributed by atoms with Crippen LogP contribution in [-0.2, 0) is 4.79 Å². The smallest absolute Gasteiger partial charge is 0.214 e. The molecular formula is C14H20OSSi. The van der Waals surface area contributed by atoms with E-state index in [9.17, 15) is 4.79 Å². The van der Waals surface area contributed by atoms with E-state index in [0.29, 0.717) is 10.4 Å². The first kappa shape index (κ1) is 14.3. The summed E-state index contributed by atoms with van der Waals surface area (Å²) >= 11 is 1.44. The average Bonchev–Trinajstić information content (AvgIpc) is 2.25. The quantitative estimate of drug-likeness (QED) is 0.590. The van der Waals surface area contributed by atoms with E-state index < -0.39 is 8.07 Å². The zero-order valence-electron chi connectivity index (χ0n) is 11.0. The number of benzene rings is 1. The van der Waals surface area contributed by atoms with Gasteiger partial charge in [-0.1, -0.05) is 68.3 Å². The van der Waals surface area contributed by atoms with E-state index in [1.165, 1.54) is 17.3 Å². The van der Waals surface area contributed by atoms with E-state index in [0.717, 1.165) is 0 Å². The lowest BCUT2D eigenvalue weighted by atomic mass is 10.2. The maximum atomic E-state index is 11.9. The Hall–Kier alpha value is -0.803. The standard InChI is InChI=1S/C14H20OSSi/c1-11(2)13(15)16-14(17(3,4)5)12-9-7-6-8-10-12/h6-10,14H,1H2,2-5H3. The van der Waals surface area contributed by atoms with E-state index in [2.05, 4.69) is 38.4 Å². The molecule has 1 atom stereocenters. The highest BCUT2D eigenvalue weighted by atomic mass is 32.2. The second-order valence-corrected chi connectivity index (χ2v) is 12.1. The largest absolute Gasteiger partial charge is 0.282 e. The molecule has 0 fully saturated rings. The predicted molar refractivity (Wildman–Crippen MR) is 79.9 cm³/mol. The minimum absolute atomic E-state index is 0.112. The van der Waals surface area contributed by atoms with Crippen LogP contribution in [-0.4, -0.2) is 13.2 Å². The van der Waals surface area contributed by atoms with Crippen LogP contribution < -0.4 is 0 Å². The Morgan fingerprint density at radius 2 is 1.76 bits per heavy atom. The summed E-state index contributed by atoms with van der Waals surface area (Å²) in [6, 6.07) is 10.3. The second kappa shape index (κ2) is 5.69. The van der Waals surface area contributed by atoms with Crippen molar-refractivity contribution in [3.63, 3.8) is 0 Å². The molecule has 0 aliphatic heterocycles. The fraction of sp³-hybridized carbons (Fsp3) is 0.357. The molecule has 1 aromatic carbocycles. The van der Waals surface area contributed by atoms with Gasteiger partial charge in [-0.2, -0.15) is 0 Å². The summed E-state index contributed by atoms with van der Waals surface area (Å²) in [6.45, 7) is 12.4. The second-order valence-electron chi connectivity index (χ2n) is 5.34. The van der Waals surface area contributed by atoms with Gasteiger partial charge in [-0.3, -0.25) is 4.79 Å². The van der Waals surface area contributed by atoms with Gasteiger partial charge in [0.15, 0.2) is 0 Å². The van der Waals surface area contributed by atoms with Crippen molar-refractivity contribution in [1.29, 1.82) is 0 Å². The molecule has 1 aromatic rings. The van der Waals surface area contributed by atoms with Gasteiger partial charge < -0.3 is 0 Å². The SMILES string of the molecule is C=C(C)C(=O)SC(c1ccccc1)[Si](C)(C)C. The van der Waals surface area contributed by atoms with Crippen molar-refractivity contribution in [2.75, 3.05) is 0 Å². The van der Waals surface area contributed by atoms with E-state index >= 15 is 0 Å². The Labute approximate surface area is 109 Å². The van der Waals surface area contributed by atoms with Gasteiger partial charge in [-0.25, -0.2) is 0 Å². The van der Waals surface area contributed by atoms with E-state index in [-0.39, 0.29) is 5.12 Å². The minimum Gasteiger partial charge on any atom is -0.282 e. The Bertz CT molecular complexity index is 406. The summed E-state index contributed by atoms with van der Waals surface area (Å²) in [6.07, 6.45) is 0. The zero-order chi connectivity index (χ0) is 13.1. The van der Waals surface area contributed by atoms with Gasteiger partial charge in [-0.15, -0.1) is 0 Å². The van der Waals surface area contributed by atoms with Crippen LogP contribution in [0, 0.1) is 0 Å². The topological polar surface area (TPSA) is 17.1 Å². The molecule has 0 N–H and O–H groups in total. The molecule has 0 aromatic heterocycles. The Morgan fingerprint density at radius 1 is 1.24 bits per heavy atom. The first-order chi connectivity index (χ1) is 7.82. The molecule has 92 valence electrons. The molecule has 1 unspecified atom stereocenters. The summed E-state index contributed by atoms with van der Waals surface area (Å²) in [4.78, 5) is 12.2. The van der Waals surface area contributed by atoms with Crippen LogP contribution in [0.25, 0.3) is 0 Å². The summed E-state index contributed by atoms with van der Waals surface area (Å²) in [5, 5.41) is 0.112. The van der Waals surface area contributed by atoms with Crippen molar-refractivity contribution in [3.05, 3.63) is 48.0 Å². The van der Waals surface area contributed by atoms with E-state index in [1.807, 2.05) is 18.2 Å². The number of hydrogen-bond donors (Lipinski definition) is 0. The van der Waals surface area contributed by atoms with Crippen LogP contribution in [0.4, 0.5) is 0 Å². The number of carbonyl (C=O) groups excluding carboxylic acids is 1. The molecule has 0 radical (unpaired) electrons. The molecule has 0 bridgehead atoms. The lowest BCUT2D eigenvalue weighted by molar-refractivity contribution is -0.107. The first-order valence-electron chi connectivity index (χ1n) is 5.74. The number of carbonyl (C=O) groups is 1. The Morgan fingerprint density at radius 3 is 2.18 bits per heavy atom. The summed E-state index contributed by atoms with van der Waals surface area (Å²) in [7, 11) is -1.44. The lowest BCUT2D eigenvalue weighted by Crippen LogP contribution is -2.29. The molecule has 0 spiro atoms. The fourth-order valence-electron chi connectivity index (χ4n) is 1.58. The third-order valence-corrected chi connectivity index (χ3v) is 7.91. The van der Waals surface area contributed by atoms with E-state index in [4.69, 9.17) is 0 Å². The van der Waals surface area contributed by atoms with Gasteiger partial charge >= 0.3 is 0 Å². The van der Waals surface area contributed by atoms with Gasteiger partial charge in [-0.05, 0) is 18.1 Å². The van der Waals surface area contributed by atoms with Gasteiger partial charge in [0, 0.05) is 4.87 Å². The van der Waals surface area contributed by atoms with Crippen LogP contribution in [0.15, 0.2) is 42.5 Å². The fourth-order valence-corrected chi connectivity index (χ4v) is 5.22. The van der Waals surface area contributed by atoms with Crippen LogP contribution >= 0.6 is 11.8 Å². The van der Waals surface area contributed by atoms with Crippen molar-refractivity contribution in [1.82, 2.24) is 0 Å². The highest BCUT2D eigenvalue weighted by Crippen LogP contribution is 2.38. The van der Waals surface area contributed by atoms with Crippen molar-refractivity contribution in [3.8, 4) is 0 Å². The highest BCUT2D eigenvalue weighted by Gasteiger charge is 2.30. The molecule has 0 aliphatic carbocycles. The number of thioether (sulfide) groups is 1. The van der Waals surface area contributed by atoms with Gasteiger partial charge in [0.05, 0.1) is 8.07 Å². The van der Waals surface area contributed by atoms with Gasteiger partial charge in [0.25, 0.3) is 0 Å². The molecule has 1 nitrogen and oxygen atoms in total. The van der Waals surface area contributed by atoms with Crippen molar-refractivity contribution in [2.24, 2.45) is 0 Å². The van der Waals surface area contributed by atoms with Crippen LogP contribution in [0.2, 0.25) is 19.6 Å². The monoisotopic (exact) mass is 264 g/mol. The maximum Gasteiger partial charge on any atom is 0.214 e. The first-order valence-corrected chi connectivity index (χ1v) is 10.2. The van der Waals surface area contributed by atoms with Gasteiger partial charge in [0.1, 0.15) is 0 Å². The Kier molecular flexibility index (Phi) is 4.77. The summed E-state index contributed by atoms with van der Waals surface area (Å²) in [5.41, 5.74) is 1.89. The molecule has 0 saturated carbocycles. The molecule has 0 heterocycles. The van der Waals surface area contributed by atoms with Crippen molar-refractivity contribution in [2.45, 2.75) is 31.4 Å². The van der Waals surface area contributed by atoms with Crippen LogP contribution in [0.1, 0.15) is 17.4 Å². The third-order valence-electron chi connectivity index (χ3n) is 2.46. The maximum absolute atomic E-state index is 11.9. The lowest BCUT2D eigenvalue weighted by Gasteiger charge is -2.28. The molecule has 3 heteroatoms. The van der Waals surface area contributed by atoms with Crippen LogP contribution in [0.3, 0.4) is 0 Å². The molecular weight excluding hydrogens is 244 g/mol.